The van der Waals surface area contributed by atoms with Crippen molar-refractivity contribution in [2.24, 2.45) is 0 Å². The Labute approximate surface area is 167 Å². The minimum Gasteiger partial charge on any atom is -0.467 e. The molecule has 0 saturated carbocycles. The van der Waals surface area contributed by atoms with Crippen LogP contribution >= 0.6 is 0 Å². The van der Waals surface area contributed by atoms with Crippen molar-refractivity contribution in [2.45, 2.75) is 33.4 Å². The first kappa shape index (κ1) is 20.2. The van der Waals surface area contributed by atoms with Gasteiger partial charge in [0.2, 0.25) is 5.78 Å². The van der Waals surface area contributed by atoms with Crippen molar-refractivity contribution in [3.05, 3.63) is 71.3 Å². The number of hydrogen-bond acceptors (Lipinski definition) is 6. The number of furan rings is 2. The average Bonchev–Trinajstić information content (AvgIpc) is 3.44. The molecule has 1 amide bonds. The third-order valence-electron chi connectivity index (χ3n) is 4.56. The predicted molar refractivity (Wildman–Crippen MR) is 103 cm³/mol. The summed E-state index contributed by atoms with van der Waals surface area (Å²) in [6, 6.07) is 7.55. The molecule has 3 aromatic rings. The van der Waals surface area contributed by atoms with Crippen molar-refractivity contribution in [1.29, 1.82) is 0 Å². The summed E-state index contributed by atoms with van der Waals surface area (Å²) in [4.78, 5) is 36.6. The third-order valence-corrected chi connectivity index (χ3v) is 4.56. The summed E-state index contributed by atoms with van der Waals surface area (Å²) in [7, 11) is 0. The minimum atomic E-state index is -0.924. The lowest BCUT2D eigenvalue weighted by molar-refractivity contribution is -0.144. The van der Waals surface area contributed by atoms with E-state index in [4.69, 9.17) is 13.6 Å². The quantitative estimate of drug-likeness (QED) is 0.462. The van der Waals surface area contributed by atoms with Gasteiger partial charge in [-0.1, -0.05) is 0 Å². The van der Waals surface area contributed by atoms with Crippen molar-refractivity contribution >= 4 is 17.7 Å². The van der Waals surface area contributed by atoms with Crippen molar-refractivity contribution in [3.8, 4) is 0 Å². The van der Waals surface area contributed by atoms with Gasteiger partial charge in [0.05, 0.1) is 19.1 Å². The van der Waals surface area contributed by atoms with Crippen LogP contribution in [0.5, 0.6) is 0 Å². The number of nitrogens with one attached hydrogen (secondary N) is 1. The van der Waals surface area contributed by atoms with Crippen molar-refractivity contribution in [3.63, 3.8) is 0 Å². The number of carbonyl (C=O) groups is 3. The van der Waals surface area contributed by atoms with E-state index < -0.39 is 24.5 Å². The normalized spacial score (nSPS) is 11.8. The summed E-state index contributed by atoms with van der Waals surface area (Å²) in [5.74, 6) is -0.695. The van der Waals surface area contributed by atoms with Crippen LogP contribution in [0.2, 0.25) is 0 Å². The molecule has 0 aliphatic rings. The molecule has 8 heteroatoms. The molecule has 29 heavy (non-hydrogen) atoms. The van der Waals surface area contributed by atoms with Crippen molar-refractivity contribution in [1.82, 2.24) is 9.88 Å². The van der Waals surface area contributed by atoms with Crippen LogP contribution in [-0.2, 0) is 16.1 Å². The van der Waals surface area contributed by atoms with Gasteiger partial charge in [-0.05, 0) is 51.1 Å². The fourth-order valence-corrected chi connectivity index (χ4v) is 2.96. The van der Waals surface area contributed by atoms with Gasteiger partial charge in [0.15, 0.2) is 12.4 Å². The van der Waals surface area contributed by atoms with Gasteiger partial charge in [-0.25, -0.2) is 4.79 Å². The fourth-order valence-electron chi connectivity index (χ4n) is 2.96. The Morgan fingerprint density at radius 1 is 1.14 bits per heavy atom. The van der Waals surface area contributed by atoms with Crippen molar-refractivity contribution < 1.29 is 28.0 Å². The number of Topliss-reactive ketones (excluding diaryl/α,β-unsaturated/α-hetero) is 1. The maximum Gasteiger partial charge on any atom is 0.328 e. The van der Waals surface area contributed by atoms with Crippen LogP contribution in [0.1, 0.15) is 45.0 Å². The number of aromatic nitrogens is 1. The summed E-state index contributed by atoms with van der Waals surface area (Å²) in [6.07, 6.45) is 2.96. The SMILES string of the molecule is Cc1cc(C(=O)COC(=O)[C@H](C)NC(=O)c2ccco2)c(C)n1Cc1ccco1. The highest BCUT2D eigenvalue weighted by molar-refractivity contribution is 6.00. The molecule has 0 spiro atoms. The van der Waals surface area contributed by atoms with E-state index in [9.17, 15) is 14.4 Å². The second kappa shape index (κ2) is 8.64. The van der Waals surface area contributed by atoms with Gasteiger partial charge in [0, 0.05) is 17.0 Å². The lowest BCUT2D eigenvalue weighted by Crippen LogP contribution is -2.40. The van der Waals surface area contributed by atoms with Gasteiger partial charge in [-0.3, -0.25) is 9.59 Å². The number of esters is 1. The number of aryl methyl sites for hydroxylation is 1. The first-order valence-corrected chi connectivity index (χ1v) is 9.10. The standard InChI is InChI=1S/C21H22N2O6/c1-13-10-17(15(3)23(13)11-16-6-4-8-27-16)18(24)12-29-21(26)14(2)22-20(25)19-7-5-9-28-19/h4-10,14H,11-12H2,1-3H3,(H,22,25)/t14-/m0/s1. The number of hydrogen-bond donors (Lipinski definition) is 1. The van der Waals surface area contributed by atoms with E-state index in [-0.39, 0.29) is 11.5 Å². The van der Waals surface area contributed by atoms with Gasteiger partial charge < -0.3 is 23.5 Å². The molecule has 8 nitrogen and oxygen atoms in total. The number of carbonyl (C=O) groups excluding carboxylic acids is 3. The highest BCUT2D eigenvalue weighted by atomic mass is 16.5. The van der Waals surface area contributed by atoms with E-state index in [1.165, 1.54) is 19.3 Å². The molecular formula is C21H22N2O6. The number of nitrogens with zero attached hydrogens (tertiary/aromatic N) is 1. The molecule has 3 rings (SSSR count). The summed E-state index contributed by atoms with van der Waals surface area (Å²) in [5.41, 5.74) is 2.14. The Morgan fingerprint density at radius 3 is 2.52 bits per heavy atom. The van der Waals surface area contributed by atoms with Crippen LogP contribution in [0.15, 0.2) is 51.7 Å². The zero-order valence-electron chi connectivity index (χ0n) is 16.4. The maximum atomic E-state index is 12.6. The summed E-state index contributed by atoms with van der Waals surface area (Å²) in [6.45, 7) is 5.30. The molecule has 152 valence electrons. The lowest BCUT2D eigenvalue weighted by atomic mass is 10.1. The highest BCUT2D eigenvalue weighted by Gasteiger charge is 2.22. The van der Waals surface area contributed by atoms with Crippen LogP contribution in [0.3, 0.4) is 0 Å². The van der Waals surface area contributed by atoms with Gasteiger partial charge in [-0.15, -0.1) is 0 Å². The molecule has 0 radical (unpaired) electrons. The Kier molecular flexibility index (Phi) is 6.01. The molecule has 1 N–H and O–H groups in total. The molecule has 3 heterocycles. The summed E-state index contributed by atoms with van der Waals surface area (Å²) >= 11 is 0. The molecule has 0 saturated heterocycles. The zero-order chi connectivity index (χ0) is 21.0. The van der Waals surface area contributed by atoms with E-state index in [1.54, 1.807) is 24.5 Å². The van der Waals surface area contributed by atoms with Crippen LogP contribution < -0.4 is 5.32 Å². The van der Waals surface area contributed by atoms with E-state index in [0.717, 1.165) is 17.1 Å². The van der Waals surface area contributed by atoms with Crippen LogP contribution in [-0.4, -0.2) is 34.9 Å². The topological polar surface area (TPSA) is 104 Å². The van der Waals surface area contributed by atoms with Crippen molar-refractivity contribution in [2.75, 3.05) is 6.61 Å². The van der Waals surface area contributed by atoms with E-state index >= 15 is 0 Å². The number of ketones is 1. The van der Waals surface area contributed by atoms with E-state index in [0.29, 0.717) is 12.1 Å². The molecule has 0 aliphatic heterocycles. The number of rotatable bonds is 8. The Morgan fingerprint density at radius 2 is 1.86 bits per heavy atom. The lowest BCUT2D eigenvalue weighted by Gasteiger charge is -2.12. The molecule has 0 fully saturated rings. The second-order valence-corrected chi connectivity index (χ2v) is 6.65. The van der Waals surface area contributed by atoms with E-state index in [2.05, 4.69) is 5.32 Å². The van der Waals surface area contributed by atoms with Crippen LogP contribution in [0.4, 0.5) is 0 Å². The number of ether oxygens (including phenoxy) is 1. The van der Waals surface area contributed by atoms with Crippen LogP contribution in [0.25, 0.3) is 0 Å². The summed E-state index contributed by atoms with van der Waals surface area (Å²) < 4.78 is 17.4. The Balaban J connectivity index is 1.57. The molecule has 0 aromatic carbocycles. The monoisotopic (exact) mass is 398 g/mol. The molecule has 0 bridgehead atoms. The first-order chi connectivity index (χ1) is 13.9. The predicted octanol–water partition coefficient (Wildman–Crippen LogP) is 2.88. The number of amides is 1. The van der Waals surface area contributed by atoms with Gasteiger partial charge in [-0.2, -0.15) is 0 Å². The molecule has 3 aromatic heterocycles. The fraction of sp³-hybridized carbons (Fsp3) is 0.286. The summed E-state index contributed by atoms with van der Waals surface area (Å²) in [5, 5.41) is 2.46. The molecule has 0 unspecified atom stereocenters. The largest absolute Gasteiger partial charge is 0.467 e. The van der Waals surface area contributed by atoms with Gasteiger partial charge in [0.25, 0.3) is 5.91 Å². The van der Waals surface area contributed by atoms with Crippen LogP contribution in [0, 0.1) is 13.8 Å². The smallest absolute Gasteiger partial charge is 0.328 e. The maximum absolute atomic E-state index is 12.6. The molecule has 1 atom stereocenters. The average molecular weight is 398 g/mol. The Bertz CT molecular complexity index is 999. The minimum absolute atomic E-state index is 0.0877. The third kappa shape index (κ3) is 4.66. The zero-order valence-corrected chi connectivity index (χ0v) is 16.4. The highest BCUT2D eigenvalue weighted by Crippen LogP contribution is 2.18. The molecular weight excluding hydrogens is 376 g/mol. The first-order valence-electron chi connectivity index (χ1n) is 9.10. The van der Waals surface area contributed by atoms with E-state index in [1.807, 2.05) is 24.5 Å². The molecule has 0 aliphatic carbocycles. The van der Waals surface area contributed by atoms with Gasteiger partial charge >= 0.3 is 5.97 Å². The second-order valence-electron chi connectivity index (χ2n) is 6.65. The Hall–Kier alpha value is -3.55. The van der Waals surface area contributed by atoms with Gasteiger partial charge in [0.1, 0.15) is 11.8 Å².